The van der Waals surface area contributed by atoms with Crippen LogP contribution in [0.25, 0.3) is 23.3 Å². The molecule has 3 heterocycles. The number of nitrogens with one attached hydrogen (secondary N) is 1. The molecule has 1 aliphatic rings. The summed E-state index contributed by atoms with van der Waals surface area (Å²) in [5.41, 5.74) is 0.565. The standard InChI is InChI=1S/C26H33N3O8S2/c1-4-37-23-11-17(5-6-22(23)35-2)21(16-39(3,33)34)29-19(13-30)18-15-38-26(25(18)20(29)14-31)27-24(32)12-28-7-9-36-10-8-28/h5-6,11,13-15,21,30-31H,4,7-10,12,16H2,1-3H3,(H,27,32). The van der Waals surface area contributed by atoms with Crippen molar-refractivity contribution in [3.05, 3.63) is 39.8 Å². The Bertz CT molecular complexity index is 1560. The van der Waals surface area contributed by atoms with Gasteiger partial charge in [0, 0.05) is 35.5 Å². The molecule has 3 N–H and O–H groups in total. The molecule has 3 aromatic rings. The predicted octanol–water partition coefficient (Wildman–Crippen LogP) is 1.61. The van der Waals surface area contributed by atoms with Crippen LogP contribution in [-0.4, -0.2) is 92.6 Å². The van der Waals surface area contributed by atoms with Crippen LogP contribution in [0.5, 0.6) is 11.5 Å². The number of methoxy groups -OCH3 is 1. The summed E-state index contributed by atoms with van der Waals surface area (Å²) in [7, 11) is -2.03. The third kappa shape index (κ3) is 6.32. The Morgan fingerprint density at radius 1 is 1.21 bits per heavy atom. The third-order valence-corrected chi connectivity index (χ3v) is 8.27. The number of rotatable bonds is 10. The highest BCUT2D eigenvalue weighted by molar-refractivity contribution is 7.90. The van der Waals surface area contributed by atoms with Gasteiger partial charge in [-0.05, 0) is 24.6 Å². The fourth-order valence-electron chi connectivity index (χ4n) is 4.77. The molecule has 1 amide bonds. The van der Waals surface area contributed by atoms with Crippen molar-refractivity contribution >= 4 is 55.4 Å². The Hall–Kier alpha value is -3.26. The summed E-state index contributed by atoms with van der Waals surface area (Å²) in [4.78, 5) is 14.8. The summed E-state index contributed by atoms with van der Waals surface area (Å²) < 4.78 is 43.2. The van der Waals surface area contributed by atoms with Crippen LogP contribution in [0.15, 0.2) is 23.6 Å². The van der Waals surface area contributed by atoms with E-state index < -0.39 is 15.9 Å². The summed E-state index contributed by atoms with van der Waals surface area (Å²) in [5, 5.41) is 27.5. The van der Waals surface area contributed by atoms with Crippen LogP contribution in [0, 0.1) is 0 Å². The lowest BCUT2D eigenvalue weighted by Gasteiger charge is -2.25. The van der Waals surface area contributed by atoms with Crippen molar-refractivity contribution in [2.24, 2.45) is 0 Å². The van der Waals surface area contributed by atoms with E-state index in [1.165, 1.54) is 18.4 Å². The molecule has 13 heteroatoms. The van der Waals surface area contributed by atoms with Crippen molar-refractivity contribution in [2.45, 2.75) is 13.0 Å². The van der Waals surface area contributed by atoms with Gasteiger partial charge in [-0.3, -0.25) is 9.69 Å². The Morgan fingerprint density at radius 2 is 1.92 bits per heavy atom. The smallest absolute Gasteiger partial charge is 0.239 e. The summed E-state index contributed by atoms with van der Waals surface area (Å²) in [6.45, 7) is 4.82. The second-order valence-electron chi connectivity index (χ2n) is 9.14. The van der Waals surface area contributed by atoms with Gasteiger partial charge in [-0.1, -0.05) is 6.07 Å². The number of fused-ring (bicyclic) bond motifs is 1. The highest BCUT2D eigenvalue weighted by Crippen LogP contribution is 2.33. The van der Waals surface area contributed by atoms with Crippen LogP contribution >= 0.6 is 11.3 Å². The number of nitrogens with zero attached hydrogens (tertiary/aromatic N) is 2. The van der Waals surface area contributed by atoms with Crippen molar-refractivity contribution in [1.82, 2.24) is 9.47 Å². The number of aliphatic hydroxyl groups is 2. The van der Waals surface area contributed by atoms with E-state index in [0.29, 0.717) is 65.7 Å². The lowest BCUT2D eigenvalue weighted by atomic mass is 10.1. The predicted molar refractivity (Wildman–Crippen MR) is 151 cm³/mol. The number of hydrogen-bond donors (Lipinski definition) is 3. The topological polar surface area (TPSA) is 140 Å². The minimum absolute atomic E-state index is 0.184. The van der Waals surface area contributed by atoms with Crippen molar-refractivity contribution in [3.8, 4) is 11.5 Å². The first-order valence-corrected chi connectivity index (χ1v) is 15.3. The van der Waals surface area contributed by atoms with Gasteiger partial charge in [-0.2, -0.15) is 0 Å². The van der Waals surface area contributed by atoms with E-state index in [2.05, 4.69) is 5.32 Å². The molecule has 0 bridgehead atoms. The van der Waals surface area contributed by atoms with Gasteiger partial charge in [0.1, 0.15) is 27.4 Å². The molecular formula is C26H33N3O8S2. The van der Waals surface area contributed by atoms with Gasteiger partial charge in [-0.15, -0.1) is 11.3 Å². The van der Waals surface area contributed by atoms with Crippen molar-refractivity contribution in [2.75, 3.05) is 63.9 Å². The Labute approximate surface area is 230 Å². The number of aliphatic hydroxyl groups excluding tert-OH is 2. The van der Waals surface area contributed by atoms with Gasteiger partial charge in [0.25, 0.3) is 0 Å². The second-order valence-corrected chi connectivity index (χ2v) is 12.2. The average molecular weight is 580 g/mol. The molecule has 0 saturated carbocycles. The average Bonchev–Trinajstić information content (AvgIpc) is 3.44. The zero-order valence-corrected chi connectivity index (χ0v) is 23.7. The maximum absolute atomic E-state index is 12.9. The molecule has 1 fully saturated rings. The van der Waals surface area contributed by atoms with Gasteiger partial charge >= 0.3 is 0 Å². The maximum atomic E-state index is 12.9. The lowest BCUT2D eigenvalue weighted by molar-refractivity contribution is -0.118. The monoisotopic (exact) mass is 579 g/mol. The number of morpholine rings is 1. The van der Waals surface area contributed by atoms with Crippen LogP contribution in [0.2, 0.25) is 0 Å². The lowest BCUT2D eigenvalue weighted by Crippen LogP contribution is -2.41. The first kappa shape index (κ1) is 28.7. The minimum Gasteiger partial charge on any atom is -0.513 e. The Balaban J connectivity index is 1.84. The number of aromatic nitrogens is 1. The number of anilines is 1. The molecule has 0 aliphatic carbocycles. The molecular weight excluding hydrogens is 546 g/mol. The van der Waals surface area contributed by atoms with E-state index in [1.54, 1.807) is 28.1 Å². The number of hydrogen-bond acceptors (Lipinski definition) is 10. The summed E-state index contributed by atoms with van der Waals surface area (Å²) >= 11 is 1.26. The molecule has 4 rings (SSSR count). The minimum atomic E-state index is -3.54. The van der Waals surface area contributed by atoms with Crippen molar-refractivity contribution in [3.63, 3.8) is 0 Å². The number of sulfone groups is 1. The summed E-state index contributed by atoms with van der Waals surface area (Å²) in [6.07, 6.45) is 2.87. The fourth-order valence-corrected chi connectivity index (χ4v) is 6.67. The molecule has 1 saturated heterocycles. The number of thiophene rings is 1. The van der Waals surface area contributed by atoms with E-state index in [0.717, 1.165) is 18.8 Å². The Morgan fingerprint density at radius 3 is 2.54 bits per heavy atom. The van der Waals surface area contributed by atoms with Crippen molar-refractivity contribution in [1.29, 1.82) is 0 Å². The normalized spacial score (nSPS) is 16.5. The molecule has 0 spiro atoms. The highest BCUT2D eigenvalue weighted by Gasteiger charge is 2.26. The molecule has 1 aromatic carbocycles. The fraction of sp³-hybridized carbons (Fsp3) is 0.423. The molecule has 0 radical (unpaired) electrons. The highest BCUT2D eigenvalue weighted by atomic mass is 32.2. The first-order valence-electron chi connectivity index (χ1n) is 12.4. The molecule has 1 atom stereocenters. The van der Waals surface area contributed by atoms with Crippen LogP contribution < -0.4 is 25.5 Å². The number of carbonyl (C=O) groups excluding carboxylic acids is 1. The van der Waals surface area contributed by atoms with E-state index in [1.807, 2.05) is 11.8 Å². The molecule has 2 aromatic heterocycles. The SMILES string of the molecule is CCOc1cc(C(CS(C)(=O)=O)n2c(=CO)c3csc(NC(=O)CN4CCOCC4)c3c2=CO)ccc1OC. The largest absolute Gasteiger partial charge is 0.513 e. The zero-order valence-electron chi connectivity index (χ0n) is 22.0. The molecule has 39 heavy (non-hydrogen) atoms. The third-order valence-electron chi connectivity index (χ3n) is 6.46. The molecule has 11 nitrogen and oxygen atoms in total. The second kappa shape index (κ2) is 12.3. The number of amides is 1. The van der Waals surface area contributed by atoms with Crippen LogP contribution in [0.1, 0.15) is 18.5 Å². The number of benzene rings is 1. The van der Waals surface area contributed by atoms with Crippen LogP contribution in [0.3, 0.4) is 0 Å². The van der Waals surface area contributed by atoms with Gasteiger partial charge in [0.05, 0.1) is 56.0 Å². The molecule has 212 valence electrons. The van der Waals surface area contributed by atoms with Gasteiger partial charge in [0.15, 0.2) is 11.5 Å². The van der Waals surface area contributed by atoms with Gasteiger partial charge < -0.3 is 34.3 Å². The molecule has 1 aliphatic heterocycles. The van der Waals surface area contributed by atoms with Gasteiger partial charge in [-0.25, -0.2) is 8.42 Å². The summed E-state index contributed by atoms with van der Waals surface area (Å²) in [6, 6.07) is 4.25. The summed E-state index contributed by atoms with van der Waals surface area (Å²) in [5.74, 6) is 0.367. The Kier molecular flexibility index (Phi) is 9.05. The van der Waals surface area contributed by atoms with Crippen LogP contribution in [0.4, 0.5) is 5.00 Å². The zero-order chi connectivity index (χ0) is 28.2. The maximum Gasteiger partial charge on any atom is 0.239 e. The molecule has 1 unspecified atom stereocenters. The first-order chi connectivity index (χ1) is 18.7. The van der Waals surface area contributed by atoms with E-state index in [4.69, 9.17) is 14.2 Å². The van der Waals surface area contributed by atoms with E-state index in [-0.39, 0.29) is 28.9 Å². The van der Waals surface area contributed by atoms with E-state index >= 15 is 0 Å². The number of ether oxygens (including phenoxy) is 3. The number of carbonyl (C=O) groups is 1. The van der Waals surface area contributed by atoms with Crippen molar-refractivity contribution < 1.29 is 37.6 Å². The van der Waals surface area contributed by atoms with Gasteiger partial charge in [0.2, 0.25) is 5.91 Å². The quantitative estimate of drug-likeness (QED) is 0.327. The van der Waals surface area contributed by atoms with Crippen LogP contribution in [-0.2, 0) is 19.4 Å². The van der Waals surface area contributed by atoms with E-state index in [9.17, 15) is 23.4 Å².